The van der Waals surface area contributed by atoms with Gasteiger partial charge in [-0.3, -0.25) is 4.79 Å². The van der Waals surface area contributed by atoms with Crippen LogP contribution in [-0.2, 0) is 16.0 Å². The summed E-state index contributed by atoms with van der Waals surface area (Å²) in [7, 11) is 1.85. The summed E-state index contributed by atoms with van der Waals surface area (Å²) >= 11 is 0. The van der Waals surface area contributed by atoms with Gasteiger partial charge in [0.2, 0.25) is 0 Å². The summed E-state index contributed by atoms with van der Waals surface area (Å²) in [5.41, 5.74) is 3.45. The Morgan fingerprint density at radius 3 is 2.45 bits per heavy atom. The molecule has 0 bridgehead atoms. The molecule has 1 atom stereocenters. The number of rotatable bonds is 7. The Morgan fingerprint density at radius 2 is 1.77 bits per heavy atom. The van der Waals surface area contributed by atoms with Gasteiger partial charge in [0.15, 0.2) is 0 Å². The van der Waals surface area contributed by atoms with E-state index in [9.17, 15) is 4.79 Å². The lowest BCUT2D eigenvalue weighted by atomic mass is 9.90. The maximum Gasteiger partial charge on any atom is 0.314 e. The third kappa shape index (κ3) is 4.18. The molecule has 0 aliphatic carbocycles. The number of hydrogen-bond donors (Lipinski definition) is 1. The first kappa shape index (κ1) is 16.2. The lowest BCUT2D eigenvalue weighted by molar-refractivity contribution is -0.144. The van der Waals surface area contributed by atoms with E-state index < -0.39 is 0 Å². The monoisotopic (exact) mass is 297 g/mol. The van der Waals surface area contributed by atoms with Crippen LogP contribution >= 0.6 is 0 Å². The number of likely N-dealkylation sites (N-methyl/N-ethyl adjacent to an activating group) is 1. The Kier molecular flexibility index (Phi) is 6.16. The first-order valence-corrected chi connectivity index (χ1v) is 7.69. The molecule has 3 heteroatoms. The molecule has 0 amide bonds. The van der Waals surface area contributed by atoms with Gasteiger partial charge in [0.1, 0.15) is 0 Å². The second kappa shape index (κ2) is 8.35. The van der Waals surface area contributed by atoms with E-state index in [0.29, 0.717) is 13.2 Å². The third-order valence-electron chi connectivity index (χ3n) is 3.65. The Labute approximate surface area is 132 Å². The highest BCUT2D eigenvalue weighted by Crippen LogP contribution is 2.23. The summed E-state index contributed by atoms with van der Waals surface area (Å²) in [6.45, 7) is 2.81. The van der Waals surface area contributed by atoms with E-state index in [1.165, 1.54) is 11.1 Å². The van der Waals surface area contributed by atoms with Crippen molar-refractivity contribution < 1.29 is 9.53 Å². The van der Waals surface area contributed by atoms with E-state index in [4.69, 9.17) is 4.74 Å². The van der Waals surface area contributed by atoms with E-state index in [0.717, 1.165) is 12.0 Å². The highest BCUT2D eigenvalue weighted by atomic mass is 16.5. The van der Waals surface area contributed by atoms with Crippen molar-refractivity contribution in [3.05, 3.63) is 71.3 Å². The highest BCUT2D eigenvalue weighted by Gasteiger charge is 2.23. The molecule has 22 heavy (non-hydrogen) atoms. The number of hydrogen-bond acceptors (Lipinski definition) is 3. The molecule has 1 unspecified atom stereocenters. The van der Waals surface area contributed by atoms with E-state index in [1.54, 1.807) is 0 Å². The van der Waals surface area contributed by atoms with Crippen molar-refractivity contribution in [2.24, 2.45) is 0 Å². The van der Waals surface area contributed by atoms with E-state index in [2.05, 4.69) is 23.5 Å². The number of benzene rings is 2. The molecule has 0 heterocycles. The van der Waals surface area contributed by atoms with Crippen LogP contribution in [0.4, 0.5) is 0 Å². The number of carbonyl (C=O) groups excluding carboxylic acids is 1. The van der Waals surface area contributed by atoms with Gasteiger partial charge >= 0.3 is 5.97 Å². The lowest BCUT2D eigenvalue weighted by Gasteiger charge is -2.19. The van der Waals surface area contributed by atoms with Gasteiger partial charge < -0.3 is 10.1 Å². The molecule has 0 saturated heterocycles. The lowest BCUT2D eigenvalue weighted by Crippen LogP contribution is -2.27. The summed E-state index contributed by atoms with van der Waals surface area (Å²) in [4.78, 5) is 12.3. The minimum atomic E-state index is -0.273. The fraction of sp³-hybridized carbons (Fsp3) is 0.316. The SMILES string of the molecule is CCOC(=O)C(CNC)c1ccccc1Cc1ccccc1. The van der Waals surface area contributed by atoms with Crippen LogP contribution in [0.1, 0.15) is 29.5 Å². The molecule has 116 valence electrons. The van der Waals surface area contributed by atoms with Crippen LogP contribution in [0.2, 0.25) is 0 Å². The molecule has 0 aliphatic heterocycles. The van der Waals surface area contributed by atoms with E-state index >= 15 is 0 Å². The molecule has 0 radical (unpaired) electrons. The molecule has 0 aromatic heterocycles. The van der Waals surface area contributed by atoms with Crippen molar-refractivity contribution in [2.75, 3.05) is 20.2 Å². The maximum atomic E-state index is 12.3. The van der Waals surface area contributed by atoms with Gasteiger partial charge in [-0.2, -0.15) is 0 Å². The molecule has 0 aliphatic rings. The molecule has 0 fully saturated rings. The maximum absolute atomic E-state index is 12.3. The Bertz CT molecular complexity index is 595. The molecule has 0 spiro atoms. The van der Waals surface area contributed by atoms with Gasteiger partial charge in [-0.15, -0.1) is 0 Å². The van der Waals surface area contributed by atoms with Crippen molar-refractivity contribution in [1.29, 1.82) is 0 Å². The van der Waals surface area contributed by atoms with Crippen LogP contribution < -0.4 is 5.32 Å². The minimum Gasteiger partial charge on any atom is -0.465 e. The topological polar surface area (TPSA) is 38.3 Å². The number of carbonyl (C=O) groups is 1. The average molecular weight is 297 g/mol. The molecule has 0 saturated carbocycles. The minimum absolute atomic E-state index is 0.169. The van der Waals surface area contributed by atoms with Crippen LogP contribution in [0.3, 0.4) is 0 Å². The first-order chi connectivity index (χ1) is 10.8. The van der Waals surface area contributed by atoms with Crippen LogP contribution in [0.5, 0.6) is 0 Å². The summed E-state index contributed by atoms with van der Waals surface area (Å²) in [5.74, 6) is -0.442. The van der Waals surface area contributed by atoms with Gasteiger partial charge in [0, 0.05) is 6.54 Å². The molecule has 2 aromatic rings. The molecular formula is C19H23NO2. The average Bonchev–Trinajstić information content (AvgIpc) is 2.54. The Morgan fingerprint density at radius 1 is 1.09 bits per heavy atom. The summed E-state index contributed by atoms with van der Waals surface area (Å²) in [6, 6.07) is 18.4. The molecular weight excluding hydrogens is 274 g/mol. The number of nitrogens with one attached hydrogen (secondary N) is 1. The zero-order chi connectivity index (χ0) is 15.8. The standard InChI is InChI=1S/C19H23NO2/c1-3-22-19(21)18(14-20-2)17-12-8-7-11-16(17)13-15-9-5-4-6-10-15/h4-12,18,20H,3,13-14H2,1-2H3. The van der Waals surface area contributed by atoms with Crippen molar-refractivity contribution >= 4 is 5.97 Å². The zero-order valence-corrected chi connectivity index (χ0v) is 13.2. The molecule has 2 aromatic carbocycles. The molecule has 1 N–H and O–H groups in total. The molecule has 2 rings (SSSR count). The first-order valence-electron chi connectivity index (χ1n) is 7.69. The van der Waals surface area contributed by atoms with Crippen LogP contribution in [0.15, 0.2) is 54.6 Å². The predicted octanol–water partition coefficient (Wildman–Crippen LogP) is 3.14. The van der Waals surface area contributed by atoms with Crippen LogP contribution in [0, 0.1) is 0 Å². The Hall–Kier alpha value is -2.13. The summed E-state index contributed by atoms with van der Waals surface area (Å²) in [5, 5.41) is 3.10. The van der Waals surface area contributed by atoms with Crippen molar-refractivity contribution in [1.82, 2.24) is 5.32 Å². The van der Waals surface area contributed by atoms with Gasteiger partial charge in [0.05, 0.1) is 12.5 Å². The van der Waals surface area contributed by atoms with Crippen molar-refractivity contribution in [3.63, 3.8) is 0 Å². The summed E-state index contributed by atoms with van der Waals surface area (Å²) < 4.78 is 5.24. The second-order valence-electron chi connectivity index (χ2n) is 5.22. The number of ether oxygens (including phenoxy) is 1. The van der Waals surface area contributed by atoms with Crippen LogP contribution in [0.25, 0.3) is 0 Å². The fourth-order valence-electron chi connectivity index (χ4n) is 2.62. The van der Waals surface area contributed by atoms with Crippen molar-refractivity contribution in [2.45, 2.75) is 19.3 Å². The third-order valence-corrected chi connectivity index (χ3v) is 3.65. The predicted molar refractivity (Wildman–Crippen MR) is 89.0 cm³/mol. The fourth-order valence-corrected chi connectivity index (χ4v) is 2.62. The van der Waals surface area contributed by atoms with E-state index in [1.807, 2.05) is 50.4 Å². The smallest absolute Gasteiger partial charge is 0.314 e. The van der Waals surface area contributed by atoms with Gasteiger partial charge in [0.25, 0.3) is 0 Å². The normalized spacial score (nSPS) is 11.9. The largest absolute Gasteiger partial charge is 0.465 e. The van der Waals surface area contributed by atoms with Gasteiger partial charge in [-0.05, 0) is 37.1 Å². The van der Waals surface area contributed by atoms with E-state index in [-0.39, 0.29) is 11.9 Å². The quantitative estimate of drug-likeness (QED) is 0.798. The summed E-state index contributed by atoms with van der Waals surface area (Å²) in [6.07, 6.45) is 0.816. The van der Waals surface area contributed by atoms with Crippen LogP contribution in [-0.4, -0.2) is 26.2 Å². The second-order valence-corrected chi connectivity index (χ2v) is 5.22. The zero-order valence-electron chi connectivity index (χ0n) is 13.2. The number of esters is 1. The molecule has 3 nitrogen and oxygen atoms in total. The van der Waals surface area contributed by atoms with Crippen molar-refractivity contribution in [3.8, 4) is 0 Å². The van der Waals surface area contributed by atoms with Gasteiger partial charge in [-0.25, -0.2) is 0 Å². The Balaban J connectivity index is 2.30. The van der Waals surface area contributed by atoms with Gasteiger partial charge in [-0.1, -0.05) is 54.6 Å². The highest BCUT2D eigenvalue weighted by molar-refractivity contribution is 5.79.